The van der Waals surface area contributed by atoms with E-state index < -0.39 is 6.04 Å². The van der Waals surface area contributed by atoms with Crippen molar-refractivity contribution >= 4 is 11.8 Å². The van der Waals surface area contributed by atoms with Gasteiger partial charge in [0.25, 0.3) is 5.91 Å². The van der Waals surface area contributed by atoms with Gasteiger partial charge in [0.1, 0.15) is 17.5 Å². The van der Waals surface area contributed by atoms with Gasteiger partial charge in [-0.15, -0.1) is 0 Å². The third kappa shape index (κ3) is 6.23. The molecule has 0 saturated carbocycles. The van der Waals surface area contributed by atoms with Crippen molar-refractivity contribution in [3.63, 3.8) is 0 Å². The lowest BCUT2D eigenvalue weighted by atomic mass is 10.1. The maximum absolute atomic E-state index is 13.2. The summed E-state index contributed by atoms with van der Waals surface area (Å²) in [5.41, 5.74) is 1.74. The second-order valence-electron chi connectivity index (χ2n) is 8.05. The van der Waals surface area contributed by atoms with Crippen LogP contribution in [-0.4, -0.2) is 43.3 Å². The highest BCUT2D eigenvalue weighted by Gasteiger charge is 2.26. The van der Waals surface area contributed by atoms with E-state index in [2.05, 4.69) is 5.32 Å². The van der Waals surface area contributed by atoms with Gasteiger partial charge in [0.2, 0.25) is 12.7 Å². The number of methoxy groups -OCH3 is 1. The molecule has 0 aliphatic carbocycles. The van der Waals surface area contributed by atoms with Crippen molar-refractivity contribution in [2.75, 3.05) is 20.5 Å². The van der Waals surface area contributed by atoms with E-state index in [4.69, 9.17) is 18.9 Å². The van der Waals surface area contributed by atoms with E-state index in [1.807, 2.05) is 60.7 Å². The summed E-state index contributed by atoms with van der Waals surface area (Å²) in [4.78, 5) is 27.7. The minimum atomic E-state index is -0.724. The molecule has 35 heavy (non-hydrogen) atoms. The molecule has 8 heteroatoms. The third-order valence-electron chi connectivity index (χ3n) is 5.69. The van der Waals surface area contributed by atoms with Gasteiger partial charge in [0.15, 0.2) is 18.1 Å². The number of amides is 2. The molecule has 1 atom stereocenters. The van der Waals surface area contributed by atoms with E-state index in [1.165, 1.54) is 4.90 Å². The number of nitrogens with zero attached hydrogens (tertiary/aromatic N) is 1. The van der Waals surface area contributed by atoms with E-state index in [9.17, 15) is 9.59 Å². The van der Waals surface area contributed by atoms with E-state index in [0.29, 0.717) is 29.5 Å². The van der Waals surface area contributed by atoms with E-state index in [0.717, 1.165) is 11.1 Å². The number of para-hydroxylation sites is 1. The number of hydrogen-bond donors (Lipinski definition) is 1. The fraction of sp³-hybridized carbons (Fsp3) is 0.259. The second kappa shape index (κ2) is 11.3. The average Bonchev–Trinajstić information content (AvgIpc) is 3.37. The molecule has 3 aromatic rings. The number of nitrogens with one attached hydrogen (secondary N) is 1. The van der Waals surface area contributed by atoms with Gasteiger partial charge in [-0.2, -0.15) is 0 Å². The molecule has 0 fully saturated rings. The normalized spacial score (nSPS) is 12.5. The topological polar surface area (TPSA) is 86.3 Å². The van der Waals surface area contributed by atoms with Crippen molar-refractivity contribution in [1.29, 1.82) is 0 Å². The molecule has 0 bridgehead atoms. The van der Waals surface area contributed by atoms with E-state index in [1.54, 1.807) is 26.2 Å². The molecule has 0 radical (unpaired) electrons. The van der Waals surface area contributed by atoms with E-state index >= 15 is 0 Å². The second-order valence-corrected chi connectivity index (χ2v) is 8.05. The van der Waals surface area contributed by atoms with Crippen LogP contribution in [0.5, 0.6) is 23.0 Å². The molecule has 3 aromatic carbocycles. The van der Waals surface area contributed by atoms with Crippen LogP contribution in [0.15, 0.2) is 72.8 Å². The predicted octanol–water partition coefficient (Wildman–Crippen LogP) is 3.54. The van der Waals surface area contributed by atoms with Crippen molar-refractivity contribution in [2.45, 2.75) is 26.1 Å². The van der Waals surface area contributed by atoms with Gasteiger partial charge in [-0.05, 0) is 54.4 Å². The number of carbonyl (C=O) groups excluding carboxylic acids is 2. The highest BCUT2D eigenvalue weighted by atomic mass is 16.7. The SMILES string of the molecule is COc1ccc(CN(C(=O)COc2ccccc2)[C@@H](C)C(=O)NCc2ccc3c(c2)OCO3)cc1. The summed E-state index contributed by atoms with van der Waals surface area (Å²) in [6.45, 7) is 2.26. The summed E-state index contributed by atoms with van der Waals surface area (Å²) >= 11 is 0. The Balaban J connectivity index is 1.43. The largest absolute Gasteiger partial charge is 0.497 e. The monoisotopic (exact) mass is 476 g/mol. The molecule has 1 heterocycles. The standard InChI is InChI=1S/C27H28N2O6/c1-19(27(31)28-15-21-10-13-24-25(14-21)35-18-34-24)29(16-20-8-11-22(32-2)12-9-20)26(30)17-33-23-6-4-3-5-7-23/h3-14,19H,15-18H2,1-2H3,(H,28,31)/t19-/m0/s1. The molecule has 1 aliphatic heterocycles. The summed E-state index contributed by atoms with van der Waals surface area (Å²) in [6.07, 6.45) is 0. The molecule has 0 spiro atoms. The first kappa shape index (κ1) is 23.9. The first-order valence-electron chi connectivity index (χ1n) is 11.3. The van der Waals surface area contributed by atoms with Crippen LogP contribution < -0.4 is 24.3 Å². The zero-order chi connectivity index (χ0) is 24.6. The summed E-state index contributed by atoms with van der Waals surface area (Å²) in [5.74, 6) is 2.07. The zero-order valence-electron chi connectivity index (χ0n) is 19.7. The quantitative estimate of drug-likeness (QED) is 0.482. The number of rotatable bonds is 10. The van der Waals surface area contributed by atoms with Gasteiger partial charge >= 0.3 is 0 Å². The Morgan fingerprint density at radius 1 is 0.943 bits per heavy atom. The Kier molecular flexibility index (Phi) is 7.72. The molecular formula is C27H28N2O6. The van der Waals surface area contributed by atoms with Crippen LogP contribution in [0, 0.1) is 0 Å². The molecular weight excluding hydrogens is 448 g/mol. The molecule has 1 aliphatic rings. The first-order valence-corrected chi connectivity index (χ1v) is 11.3. The lowest BCUT2D eigenvalue weighted by molar-refractivity contribution is -0.142. The van der Waals surface area contributed by atoms with Crippen LogP contribution in [0.25, 0.3) is 0 Å². The summed E-state index contributed by atoms with van der Waals surface area (Å²) < 4.78 is 21.6. The van der Waals surface area contributed by atoms with Crippen molar-refractivity contribution < 1.29 is 28.5 Å². The van der Waals surface area contributed by atoms with Gasteiger partial charge in [-0.1, -0.05) is 36.4 Å². The van der Waals surface area contributed by atoms with Crippen LogP contribution in [0.1, 0.15) is 18.1 Å². The Morgan fingerprint density at radius 3 is 2.40 bits per heavy atom. The number of carbonyl (C=O) groups is 2. The Hall–Kier alpha value is -4.20. The van der Waals surface area contributed by atoms with Crippen LogP contribution in [0.3, 0.4) is 0 Å². The Labute approximate surface area is 204 Å². The lowest BCUT2D eigenvalue weighted by Crippen LogP contribution is -2.48. The van der Waals surface area contributed by atoms with Crippen molar-refractivity contribution in [1.82, 2.24) is 10.2 Å². The summed E-state index contributed by atoms with van der Waals surface area (Å²) in [7, 11) is 1.60. The minimum absolute atomic E-state index is 0.181. The number of ether oxygens (including phenoxy) is 4. The first-order chi connectivity index (χ1) is 17.0. The molecule has 182 valence electrons. The molecule has 0 unspecified atom stereocenters. The minimum Gasteiger partial charge on any atom is -0.497 e. The Bertz CT molecular complexity index is 1150. The van der Waals surface area contributed by atoms with Crippen molar-refractivity contribution in [2.24, 2.45) is 0 Å². The number of fused-ring (bicyclic) bond motifs is 1. The van der Waals surface area contributed by atoms with Gasteiger partial charge < -0.3 is 29.2 Å². The molecule has 2 amide bonds. The highest BCUT2D eigenvalue weighted by molar-refractivity contribution is 5.88. The van der Waals surface area contributed by atoms with Crippen molar-refractivity contribution in [3.8, 4) is 23.0 Å². The Morgan fingerprint density at radius 2 is 1.66 bits per heavy atom. The van der Waals surface area contributed by atoms with E-state index in [-0.39, 0.29) is 31.8 Å². The lowest BCUT2D eigenvalue weighted by Gasteiger charge is -2.29. The number of hydrogen-bond acceptors (Lipinski definition) is 6. The van der Waals surface area contributed by atoms with Crippen LogP contribution in [-0.2, 0) is 22.7 Å². The summed E-state index contributed by atoms with van der Waals surface area (Å²) in [6, 6.07) is 21.3. The van der Waals surface area contributed by atoms with Gasteiger partial charge in [0.05, 0.1) is 7.11 Å². The number of benzene rings is 3. The molecule has 4 rings (SSSR count). The smallest absolute Gasteiger partial charge is 0.261 e. The van der Waals surface area contributed by atoms with Gasteiger partial charge in [0, 0.05) is 13.1 Å². The molecule has 0 saturated heterocycles. The molecule has 0 aromatic heterocycles. The van der Waals surface area contributed by atoms with Gasteiger partial charge in [-0.25, -0.2) is 0 Å². The molecule has 8 nitrogen and oxygen atoms in total. The fourth-order valence-electron chi connectivity index (χ4n) is 3.64. The summed E-state index contributed by atoms with van der Waals surface area (Å²) in [5, 5.41) is 2.91. The van der Waals surface area contributed by atoms with Crippen LogP contribution >= 0.6 is 0 Å². The maximum Gasteiger partial charge on any atom is 0.261 e. The molecule has 1 N–H and O–H groups in total. The fourth-order valence-corrected chi connectivity index (χ4v) is 3.64. The average molecular weight is 477 g/mol. The zero-order valence-corrected chi connectivity index (χ0v) is 19.7. The van der Waals surface area contributed by atoms with Crippen LogP contribution in [0.2, 0.25) is 0 Å². The third-order valence-corrected chi connectivity index (χ3v) is 5.69. The van der Waals surface area contributed by atoms with Crippen LogP contribution in [0.4, 0.5) is 0 Å². The van der Waals surface area contributed by atoms with Gasteiger partial charge in [-0.3, -0.25) is 9.59 Å². The predicted molar refractivity (Wildman–Crippen MR) is 129 cm³/mol. The highest BCUT2D eigenvalue weighted by Crippen LogP contribution is 2.32. The van der Waals surface area contributed by atoms with Crippen molar-refractivity contribution in [3.05, 3.63) is 83.9 Å². The maximum atomic E-state index is 13.2.